The van der Waals surface area contributed by atoms with Crippen LogP contribution in [0.15, 0.2) is 61.2 Å². The number of ether oxygens (including phenoxy) is 1. The third-order valence-corrected chi connectivity index (χ3v) is 9.06. The highest BCUT2D eigenvalue weighted by Gasteiger charge is 2.37. The molecule has 0 aromatic heterocycles. The Bertz CT molecular complexity index is 1040. The highest BCUT2D eigenvalue weighted by molar-refractivity contribution is 5.97. The Morgan fingerprint density at radius 2 is 1.70 bits per heavy atom. The molecular weight excluding hydrogens is 456 g/mol. The zero-order chi connectivity index (χ0) is 25.6. The maximum atomic E-state index is 13.3. The zero-order valence-corrected chi connectivity index (χ0v) is 22.6. The molecule has 198 valence electrons. The molecule has 3 fully saturated rings. The van der Waals surface area contributed by atoms with E-state index in [2.05, 4.69) is 64.9 Å². The Kier molecular flexibility index (Phi) is 8.78. The summed E-state index contributed by atoms with van der Waals surface area (Å²) in [6.45, 7) is 7.14. The van der Waals surface area contributed by atoms with Gasteiger partial charge >= 0.3 is 0 Å². The highest BCUT2D eigenvalue weighted by atomic mass is 16.5. The van der Waals surface area contributed by atoms with Gasteiger partial charge in [-0.3, -0.25) is 14.6 Å². The van der Waals surface area contributed by atoms with E-state index in [-0.39, 0.29) is 12.0 Å². The molecule has 3 aliphatic rings. The molecule has 2 aliphatic heterocycles. The molecule has 4 nitrogen and oxygen atoms in total. The van der Waals surface area contributed by atoms with Gasteiger partial charge < -0.3 is 4.74 Å². The lowest BCUT2D eigenvalue weighted by atomic mass is 9.89. The number of carbonyl (C=O) groups excluding carboxylic acids is 1. The van der Waals surface area contributed by atoms with E-state index in [1.54, 1.807) is 7.11 Å². The van der Waals surface area contributed by atoms with Gasteiger partial charge in [-0.25, -0.2) is 0 Å². The van der Waals surface area contributed by atoms with E-state index in [9.17, 15) is 4.79 Å². The number of benzene rings is 2. The van der Waals surface area contributed by atoms with Crippen LogP contribution < -0.4 is 4.74 Å². The van der Waals surface area contributed by atoms with E-state index >= 15 is 0 Å². The smallest absolute Gasteiger partial charge is 0.165 e. The molecule has 5 rings (SSSR count). The van der Waals surface area contributed by atoms with Crippen molar-refractivity contribution in [3.8, 4) is 5.75 Å². The monoisotopic (exact) mass is 500 g/mol. The van der Waals surface area contributed by atoms with Gasteiger partial charge in [-0.2, -0.15) is 0 Å². The summed E-state index contributed by atoms with van der Waals surface area (Å²) >= 11 is 0. The fourth-order valence-corrected chi connectivity index (χ4v) is 7.12. The largest absolute Gasteiger partial charge is 0.497 e. The summed E-state index contributed by atoms with van der Waals surface area (Å²) in [7, 11) is 1.74. The van der Waals surface area contributed by atoms with Crippen LogP contribution in [-0.2, 0) is 0 Å². The van der Waals surface area contributed by atoms with Crippen molar-refractivity contribution in [2.45, 2.75) is 82.3 Å². The molecule has 37 heavy (non-hydrogen) atoms. The van der Waals surface area contributed by atoms with Crippen LogP contribution in [0.1, 0.15) is 91.7 Å². The number of hydrogen-bond acceptors (Lipinski definition) is 4. The minimum absolute atomic E-state index is 0.141. The number of carbonyl (C=O) groups is 1. The topological polar surface area (TPSA) is 32.8 Å². The lowest BCUT2D eigenvalue weighted by Gasteiger charge is -2.41. The van der Waals surface area contributed by atoms with Crippen LogP contribution in [0.25, 0.3) is 0 Å². The number of rotatable bonds is 8. The third-order valence-electron chi connectivity index (χ3n) is 9.06. The van der Waals surface area contributed by atoms with Gasteiger partial charge in [0.2, 0.25) is 0 Å². The molecule has 2 aromatic rings. The van der Waals surface area contributed by atoms with E-state index in [4.69, 9.17) is 4.74 Å². The Labute approximate surface area is 223 Å². The lowest BCUT2D eigenvalue weighted by Crippen LogP contribution is -2.48. The van der Waals surface area contributed by atoms with E-state index in [1.165, 1.54) is 62.5 Å². The van der Waals surface area contributed by atoms with Crippen LogP contribution in [0.3, 0.4) is 0 Å². The van der Waals surface area contributed by atoms with Gasteiger partial charge in [-0.05, 0) is 55.4 Å². The lowest BCUT2D eigenvalue weighted by molar-refractivity contribution is 0.0908. The maximum absolute atomic E-state index is 13.3. The third kappa shape index (κ3) is 6.02. The summed E-state index contributed by atoms with van der Waals surface area (Å²) in [6, 6.07) is 18.5. The van der Waals surface area contributed by atoms with Crippen LogP contribution >= 0.6 is 0 Å². The first-order valence-electron chi connectivity index (χ1n) is 14.6. The quantitative estimate of drug-likeness (QED) is 0.221. The second kappa shape index (κ2) is 12.4. The minimum atomic E-state index is 0.141. The normalized spacial score (nSPS) is 24.6. The Balaban J connectivity index is 1.44. The zero-order valence-electron chi connectivity index (χ0n) is 22.6. The van der Waals surface area contributed by atoms with Gasteiger partial charge in [-0.15, -0.1) is 6.58 Å². The number of fused-ring (bicyclic) bond motifs is 2. The molecule has 0 amide bonds. The Hall–Kier alpha value is -2.43. The van der Waals surface area contributed by atoms with Gasteiger partial charge in [0.25, 0.3) is 0 Å². The predicted octanol–water partition coefficient (Wildman–Crippen LogP) is 7.05. The second-order valence-corrected chi connectivity index (χ2v) is 11.4. The standard InChI is InChI=1S/C33H44N2O2/c1-3-21-35-29-13-9-14-30(35)24-34(22-20-29)32(28-12-8-15-31(23-28)37-2)25-16-18-27(19-17-25)33(36)26-10-6-4-5-7-11-26/h3,8,12,15-19,23,26,29-30,32H,1,4-7,9-11,13-14,20-22,24H2,2H3. The van der Waals surface area contributed by atoms with Gasteiger partial charge in [0.15, 0.2) is 5.78 Å². The van der Waals surface area contributed by atoms with E-state index < -0.39 is 0 Å². The molecule has 0 radical (unpaired) electrons. The first-order valence-corrected chi connectivity index (χ1v) is 14.6. The van der Waals surface area contributed by atoms with Crippen molar-refractivity contribution < 1.29 is 9.53 Å². The van der Waals surface area contributed by atoms with Crippen LogP contribution in [0.5, 0.6) is 5.75 Å². The molecule has 1 aliphatic carbocycles. The van der Waals surface area contributed by atoms with Crippen molar-refractivity contribution in [3.05, 3.63) is 77.9 Å². The maximum Gasteiger partial charge on any atom is 0.165 e. The van der Waals surface area contributed by atoms with Crippen LogP contribution in [0, 0.1) is 5.92 Å². The minimum Gasteiger partial charge on any atom is -0.497 e. The number of methoxy groups -OCH3 is 1. The molecule has 3 atom stereocenters. The number of Topliss-reactive ketones (excluding diaryl/α,β-unsaturated/α-hetero) is 1. The first kappa shape index (κ1) is 26.2. The number of piperidine rings is 1. The van der Waals surface area contributed by atoms with Gasteiger partial charge in [0, 0.05) is 43.2 Å². The van der Waals surface area contributed by atoms with Gasteiger partial charge in [0.1, 0.15) is 5.75 Å². The average Bonchev–Trinajstić information content (AvgIpc) is 3.26. The van der Waals surface area contributed by atoms with Crippen molar-refractivity contribution in [3.63, 3.8) is 0 Å². The molecule has 0 N–H and O–H groups in total. The SMILES string of the molecule is C=CCN1C2CCCC1CN(C(c1ccc(C(=O)C3CCCCCC3)cc1)c1cccc(OC)c1)CC2. The average molecular weight is 501 g/mol. The number of nitrogens with zero attached hydrogens (tertiary/aromatic N) is 2. The summed E-state index contributed by atoms with van der Waals surface area (Å²) < 4.78 is 5.62. The second-order valence-electron chi connectivity index (χ2n) is 11.4. The van der Waals surface area contributed by atoms with Crippen molar-refractivity contribution in [1.29, 1.82) is 0 Å². The summed E-state index contributed by atoms with van der Waals surface area (Å²) in [5.41, 5.74) is 3.40. The number of ketones is 1. The summed E-state index contributed by atoms with van der Waals surface area (Å²) in [4.78, 5) is 18.7. The predicted molar refractivity (Wildman–Crippen MR) is 151 cm³/mol. The fraction of sp³-hybridized carbons (Fsp3) is 0.545. The highest BCUT2D eigenvalue weighted by Crippen LogP contribution is 2.37. The molecule has 2 saturated heterocycles. The van der Waals surface area contributed by atoms with Crippen LogP contribution in [-0.4, -0.2) is 54.4 Å². The van der Waals surface area contributed by atoms with E-state index in [0.717, 1.165) is 43.8 Å². The molecule has 2 bridgehead atoms. The molecule has 0 spiro atoms. The first-order chi connectivity index (χ1) is 18.2. The molecule has 2 aromatic carbocycles. The van der Waals surface area contributed by atoms with Crippen molar-refractivity contribution in [2.24, 2.45) is 5.92 Å². The molecule has 3 unspecified atom stereocenters. The van der Waals surface area contributed by atoms with Crippen molar-refractivity contribution >= 4 is 5.78 Å². The van der Waals surface area contributed by atoms with Crippen molar-refractivity contribution in [1.82, 2.24) is 9.80 Å². The van der Waals surface area contributed by atoms with Crippen molar-refractivity contribution in [2.75, 3.05) is 26.7 Å². The summed E-state index contributed by atoms with van der Waals surface area (Å²) in [5, 5.41) is 0. The van der Waals surface area contributed by atoms with E-state index in [1.807, 2.05) is 6.07 Å². The summed E-state index contributed by atoms with van der Waals surface area (Å²) in [6.07, 6.45) is 14.1. The molecular formula is C33H44N2O2. The molecule has 4 heteroatoms. The molecule has 2 heterocycles. The van der Waals surface area contributed by atoms with Crippen LogP contribution in [0.2, 0.25) is 0 Å². The van der Waals surface area contributed by atoms with Gasteiger partial charge in [-0.1, -0.05) is 74.6 Å². The number of hydrogen-bond donors (Lipinski definition) is 0. The van der Waals surface area contributed by atoms with E-state index in [0.29, 0.717) is 17.9 Å². The van der Waals surface area contributed by atoms with Crippen LogP contribution in [0.4, 0.5) is 0 Å². The molecule has 1 saturated carbocycles. The Morgan fingerprint density at radius 3 is 2.43 bits per heavy atom. The summed E-state index contributed by atoms with van der Waals surface area (Å²) in [5.74, 6) is 1.43. The Morgan fingerprint density at radius 1 is 0.946 bits per heavy atom. The van der Waals surface area contributed by atoms with Gasteiger partial charge in [0.05, 0.1) is 13.2 Å². The fourth-order valence-electron chi connectivity index (χ4n) is 7.12.